The molecule has 10 heteroatoms. The highest BCUT2D eigenvalue weighted by atomic mass is 17.2. The fraction of sp³-hybridized carbons (Fsp3) is 0.577. The molecule has 0 aliphatic carbocycles. The van der Waals surface area contributed by atoms with E-state index in [4.69, 9.17) is 20.2 Å². The lowest BCUT2D eigenvalue weighted by Crippen LogP contribution is -2.43. The molecule has 0 spiro atoms. The second-order valence-electron chi connectivity index (χ2n) is 9.91. The topological polar surface area (TPSA) is 138 Å². The number of aliphatic imine (C=N–C) groups is 1. The fourth-order valence-corrected chi connectivity index (χ4v) is 3.61. The van der Waals surface area contributed by atoms with Crippen molar-refractivity contribution in [1.82, 2.24) is 4.90 Å². The van der Waals surface area contributed by atoms with Crippen LogP contribution in [0.3, 0.4) is 0 Å². The molecule has 1 atom stereocenters. The number of nitrogens with zero attached hydrogens (tertiary/aromatic N) is 2. The van der Waals surface area contributed by atoms with Gasteiger partial charge in [0.1, 0.15) is 17.5 Å². The molecule has 198 valence electrons. The van der Waals surface area contributed by atoms with Crippen molar-refractivity contribution in [3.8, 4) is 0 Å². The van der Waals surface area contributed by atoms with Gasteiger partial charge in [-0.05, 0) is 40.0 Å². The maximum absolute atomic E-state index is 12.8. The van der Waals surface area contributed by atoms with Gasteiger partial charge in [-0.1, -0.05) is 38.1 Å². The van der Waals surface area contributed by atoms with Crippen LogP contribution in [-0.2, 0) is 24.1 Å². The number of hydrogen-bond donors (Lipinski definition) is 1. The van der Waals surface area contributed by atoms with Crippen LogP contribution in [0.1, 0.15) is 82.6 Å². The highest BCUT2D eigenvalue weighted by molar-refractivity contribution is 6.04. The zero-order chi connectivity index (χ0) is 26.9. The molecule has 0 radical (unpaired) electrons. The van der Waals surface area contributed by atoms with Gasteiger partial charge in [-0.25, -0.2) is 9.59 Å². The number of carbonyl (C=O) groups excluding carboxylic acids is 4. The van der Waals surface area contributed by atoms with Gasteiger partial charge in [0.2, 0.25) is 5.91 Å². The van der Waals surface area contributed by atoms with Crippen LogP contribution in [0, 0.1) is 5.92 Å². The number of carbonyl (C=O) groups is 4. The van der Waals surface area contributed by atoms with Gasteiger partial charge in [0.05, 0.1) is 0 Å². The van der Waals surface area contributed by atoms with E-state index >= 15 is 0 Å². The maximum Gasteiger partial charge on any atom is 0.436 e. The normalized spacial score (nSPS) is 15.8. The van der Waals surface area contributed by atoms with Gasteiger partial charge >= 0.3 is 12.1 Å². The molecular weight excluding hydrogens is 466 g/mol. The second kappa shape index (κ2) is 13.2. The van der Waals surface area contributed by atoms with Gasteiger partial charge in [0, 0.05) is 43.0 Å². The minimum atomic E-state index is -0.791. The molecule has 0 aromatic heterocycles. The molecule has 0 bridgehead atoms. The van der Waals surface area contributed by atoms with Crippen LogP contribution >= 0.6 is 0 Å². The average molecular weight is 504 g/mol. The number of piperidine rings is 1. The van der Waals surface area contributed by atoms with Crippen molar-refractivity contribution in [2.45, 2.75) is 78.4 Å². The number of amidine groups is 1. The SMILES string of the molecule is CCCC(=O)OOC1CCN(C(=O)C(C)CC(=O)c2ccc(/C(N)=N\C(=O)OC(C)(C)C)cc2)CC1. The Morgan fingerprint density at radius 3 is 2.22 bits per heavy atom. The van der Waals surface area contributed by atoms with E-state index in [1.165, 1.54) is 0 Å². The lowest BCUT2D eigenvalue weighted by Gasteiger charge is -2.32. The van der Waals surface area contributed by atoms with E-state index < -0.39 is 23.6 Å². The molecule has 1 aliphatic heterocycles. The predicted molar refractivity (Wildman–Crippen MR) is 133 cm³/mol. The van der Waals surface area contributed by atoms with E-state index in [-0.39, 0.29) is 30.1 Å². The Balaban J connectivity index is 1.85. The van der Waals surface area contributed by atoms with Crippen molar-refractivity contribution in [1.29, 1.82) is 0 Å². The Bertz CT molecular complexity index is 959. The standard InChI is InChI=1S/C26H37N3O7/c1-6-7-22(31)36-35-20-12-14-29(15-13-20)24(32)17(2)16-21(30)18-8-10-19(11-9-18)23(27)28-25(33)34-26(3,4)5/h8-11,17,20H,6-7,12-16H2,1-5H3,(H2,27,28,33). The van der Waals surface area contributed by atoms with Gasteiger partial charge in [0.15, 0.2) is 5.78 Å². The van der Waals surface area contributed by atoms with E-state index in [1.54, 1.807) is 56.9 Å². The van der Waals surface area contributed by atoms with Crippen LogP contribution < -0.4 is 5.73 Å². The number of amides is 2. The van der Waals surface area contributed by atoms with Crippen LogP contribution in [0.2, 0.25) is 0 Å². The molecule has 2 N–H and O–H groups in total. The van der Waals surface area contributed by atoms with E-state index in [1.807, 2.05) is 6.92 Å². The summed E-state index contributed by atoms with van der Waals surface area (Å²) < 4.78 is 5.12. The first-order chi connectivity index (χ1) is 16.9. The third-order valence-electron chi connectivity index (χ3n) is 5.51. The Morgan fingerprint density at radius 1 is 1.08 bits per heavy atom. The summed E-state index contributed by atoms with van der Waals surface area (Å²) >= 11 is 0. The fourth-order valence-electron chi connectivity index (χ4n) is 3.61. The lowest BCUT2D eigenvalue weighted by molar-refractivity contribution is -0.303. The van der Waals surface area contributed by atoms with Gasteiger partial charge in [-0.2, -0.15) is 9.88 Å². The molecule has 1 aromatic carbocycles. The summed E-state index contributed by atoms with van der Waals surface area (Å²) in [4.78, 5) is 64.3. The molecule has 1 unspecified atom stereocenters. The number of ketones is 1. The Hall–Kier alpha value is -3.27. The zero-order valence-corrected chi connectivity index (χ0v) is 21.7. The number of rotatable bonds is 9. The third kappa shape index (κ3) is 9.41. The smallest absolute Gasteiger partial charge is 0.436 e. The summed E-state index contributed by atoms with van der Waals surface area (Å²) in [6.07, 6.45) is 1.13. The largest absolute Gasteiger partial charge is 0.442 e. The zero-order valence-electron chi connectivity index (χ0n) is 21.7. The summed E-state index contributed by atoms with van der Waals surface area (Å²) in [5.41, 5.74) is 6.11. The number of hydrogen-bond acceptors (Lipinski definition) is 7. The summed E-state index contributed by atoms with van der Waals surface area (Å²) in [6.45, 7) is 9.74. The summed E-state index contributed by atoms with van der Waals surface area (Å²) in [5.74, 6) is -1.18. The van der Waals surface area contributed by atoms with E-state index in [9.17, 15) is 19.2 Å². The highest BCUT2D eigenvalue weighted by Gasteiger charge is 2.28. The molecule has 1 fully saturated rings. The molecule has 36 heavy (non-hydrogen) atoms. The predicted octanol–water partition coefficient (Wildman–Crippen LogP) is 3.80. The first-order valence-electron chi connectivity index (χ1n) is 12.2. The van der Waals surface area contributed by atoms with Crippen molar-refractivity contribution >= 4 is 29.6 Å². The third-order valence-corrected chi connectivity index (χ3v) is 5.51. The van der Waals surface area contributed by atoms with Crippen molar-refractivity contribution in [2.24, 2.45) is 16.6 Å². The van der Waals surface area contributed by atoms with E-state index in [2.05, 4.69) is 4.99 Å². The Morgan fingerprint density at radius 2 is 1.67 bits per heavy atom. The monoisotopic (exact) mass is 503 g/mol. The molecule has 1 aromatic rings. The summed E-state index contributed by atoms with van der Waals surface area (Å²) in [5, 5.41) is 0. The van der Waals surface area contributed by atoms with Gasteiger partial charge in [0.25, 0.3) is 0 Å². The lowest BCUT2D eigenvalue weighted by atomic mass is 9.96. The molecule has 2 rings (SSSR count). The molecule has 1 saturated heterocycles. The van der Waals surface area contributed by atoms with Crippen LogP contribution in [0.25, 0.3) is 0 Å². The van der Waals surface area contributed by atoms with E-state index in [0.29, 0.717) is 49.9 Å². The molecule has 1 aliphatic rings. The van der Waals surface area contributed by atoms with E-state index in [0.717, 1.165) is 0 Å². The van der Waals surface area contributed by atoms with Gasteiger partial charge < -0.3 is 15.4 Å². The van der Waals surface area contributed by atoms with Crippen molar-refractivity contribution in [3.63, 3.8) is 0 Å². The number of likely N-dealkylation sites (tertiary alicyclic amines) is 1. The number of Topliss-reactive ketones (excluding diaryl/α,β-unsaturated/α-hetero) is 1. The van der Waals surface area contributed by atoms with Gasteiger partial charge in [-0.15, -0.1) is 0 Å². The molecule has 0 saturated carbocycles. The highest BCUT2D eigenvalue weighted by Crippen LogP contribution is 2.19. The summed E-state index contributed by atoms with van der Waals surface area (Å²) in [7, 11) is 0. The molecule has 2 amide bonds. The molecule has 1 heterocycles. The van der Waals surface area contributed by atoms with Crippen LogP contribution in [0.5, 0.6) is 0 Å². The minimum absolute atomic E-state index is 0.0145. The molecule has 10 nitrogen and oxygen atoms in total. The molecular formula is C26H37N3O7. The second-order valence-corrected chi connectivity index (χ2v) is 9.91. The first kappa shape index (κ1) is 29.0. The Labute approximate surface area is 212 Å². The Kier molecular flexibility index (Phi) is 10.6. The number of ether oxygens (including phenoxy) is 1. The van der Waals surface area contributed by atoms with Crippen molar-refractivity contribution in [2.75, 3.05) is 13.1 Å². The van der Waals surface area contributed by atoms with Crippen LogP contribution in [0.15, 0.2) is 29.3 Å². The van der Waals surface area contributed by atoms with Crippen molar-refractivity contribution < 1.29 is 33.7 Å². The van der Waals surface area contributed by atoms with Crippen LogP contribution in [-0.4, -0.2) is 59.3 Å². The minimum Gasteiger partial charge on any atom is -0.442 e. The quantitative estimate of drug-likeness (QED) is 0.177. The maximum atomic E-state index is 12.8. The number of nitrogens with two attached hydrogens (primary N) is 1. The average Bonchev–Trinajstić information content (AvgIpc) is 2.81. The number of benzene rings is 1. The first-order valence-corrected chi connectivity index (χ1v) is 12.2. The van der Waals surface area contributed by atoms with Crippen LogP contribution in [0.4, 0.5) is 4.79 Å². The van der Waals surface area contributed by atoms with Gasteiger partial charge in [-0.3, -0.25) is 14.5 Å². The van der Waals surface area contributed by atoms with Crippen molar-refractivity contribution in [3.05, 3.63) is 35.4 Å². The summed E-state index contributed by atoms with van der Waals surface area (Å²) in [6, 6.07) is 6.38.